The zero-order chi connectivity index (χ0) is 24.2. The number of H-pyrrole nitrogens is 2. The van der Waals surface area contributed by atoms with Crippen LogP contribution in [-0.4, -0.2) is 31.1 Å². The summed E-state index contributed by atoms with van der Waals surface area (Å²) in [6.07, 6.45) is 7.14. The molecule has 36 heavy (non-hydrogen) atoms. The number of carbonyl (C=O) groups is 1. The van der Waals surface area contributed by atoms with E-state index in [4.69, 9.17) is 0 Å². The monoisotopic (exact) mass is 490 g/mol. The smallest absolute Gasteiger partial charge is 0.227 e. The number of hydrogen-bond donors (Lipinski definition) is 3. The summed E-state index contributed by atoms with van der Waals surface area (Å²) >= 11 is 1.80. The summed E-state index contributed by atoms with van der Waals surface area (Å²) in [4.78, 5) is 27.2. The minimum absolute atomic E-state index is 0.0605. The van der Waals surface area contributed by atoms with Crippen molar-refractivity contribution < 1.29 is 4.79 Å². The van der Waals surface area contributed by atoms with Crippen molar-refractivity contribution in [1.29, 1.82) is 0 Å². The van der Waals surface area contributed by atoms with Gasteiger partial charge < -0.3 is 10.3 Å². The van der Waals surface area contributed by atoms with Crippen molar-refractivity contribution in [3.63, 3.8) is 0 Å². The molecule has 1 aliphatic rings. The largest absolute Gasteiger partial charge is 0.353 e. The van der Waals surface area contributed by atoms with E-state index < -0.39 is 0 Å². The van der Waals surface area contributed by atoms with Gasteiger partial charge in [0.1, 0.15) is 5.69 Å². The van der Waals surface area contributed by atoms with Gasteiger partial charge in [-0.25, -0.2) is 0 Å². The highest BCUT2D eigenvalue weighted by Gasteiger charge is 2.29. The van der Waals surface area contributed by atoms with E-state index in [0.29, 0.717) is 5.69 Å². The molecule has 0 atom stereocenters. The Labute approximate surface area is 210 Å². The zero-order valence-corrected chi connectivity index (χ0v) is 20.3. The molecule has 0 spiro atoms. The molecule has 1 amide bonds. The number of nitrogens with one attached hydrogen (secondary N) is 3. The van der Waals surface area contributed by atoms with Crippen LogP contribution in [0.5, 0.6) is 0 Å². The number of aromatic amines is 2. The predicted molar refractivity (Wildman–Crippen MR) is 144 cm³/mol. The number of benzene rings is 1. The summed E-state index contributed by atoms with van der Waals surface area (Å²) in [5, 5.41) is 12.8. The molecular weight excluding hydrogens is 468 g/mol. The van der Waals surface area contributed by atoms with Crippen LogP contribution in [0, 0.1) is 12.8 Å². The predicted octanol–water partition coefficient (Wildman–Crippen LogP) is 6.55. The molecule has 0 saturated heterocycles. The molecule has 3 N–H and O–H groups in total. The Morgan fingerprint density at radius 2 is 1.94 bits per heavy atom. The molecule has 0 unspecified atom stereocenters. The average Bonchev–Trinajstić information content (AvgIpc) is 3.30. The molecule has 176 valence electrons. The summed E-state index contributed by atoms with van der Waals surface area (Å²) < 4.78 is 0. The van der Waals surface area contributed by atoms with Gasteiger partial charge in [-0.15, -0.1) is 11.3 Å². The number of anilines is 1. The van der Waals surface area contributed by atoms with Crippen molar-refractivity contribution in [1.82, 2.24) is 25.1 Å². The van der Waals surface area contributed by atoms with Crippen LogP contribution in [0.2, 0.25) is 0 Å². The molecule has 6 aromatic rings. The molecule has 0 bridgehead atoms. The van der Waals surface area contributed by atoms with Crippen molar-refractivity contribution in [2.45, 2.75) is 19.8 Å². The number of fused-ring (bicyclic) bond motifs is 2. The van der Waals surface area contributed by atoms with Crippen molar-refractivity contribution >= 4 is 44.7 Å². The molecule has 1 saturated carbocycles. The lowest BCUT2D eigenvalue weighted by molar-refractivity contribution is -0.117. The van der Waals surface area contributed by atoms with Crippen LogP contribution in [0.15, 0.2) is 67.1 Å². The molecule has 7 nitrogen and oxygen atoms in total. The van der Waals surface area contributed by atoms with E-state index in [0.717, 1.165) is 51.9 Å². The first-order chi connectivity index (χ1) is 17.6. The van der Waals surface area contributed by atoms with Crippen LogP contribution in [0.1, 0.15) is 17.7 Å². The number of amides is 1. The van der Waals surface area contributed by atoms with Crippen molar-refractivity contribution in [2.24, 2.45) is 5.92 Å². The SMILES string of the molecule is Cc1ccc(-c2cccc3[nH]c(-c4n[nH]c5cnc(-c6cncc(NC(=O)C7CC7)c6)cc45)cc23)s1. The second-order valence-electron chi connectivity index (χ2n) is 9.27. The molecule has 5 heterocycles. The van der Waals surface area contributed by atoms with Crippen molar-refractivity contribution in [2.75, 3.05) is 5.32 Å². The van der Waals surface area contributed by atoms with Crippen LogP contribution in [0.25, 0.3) is 54.9 Å². The van der Waals surface area contributed by atoms with Gasteiger partial charge in [0.15, 0.2) is 0 Å². The molecular formula is C28H22N6OS. The summed E-state index contributed by atoms with van der Waals surface area (Å²) in [5.74, 6) is 0.197. The summed E-state index contributed by atoms with van der Waals surface area (Å²) in [6, 6.07) is 16.8. The van der Waals surface area contributed by atoms with E-state index in [1.165, 1.54) is 20.7 Å². The lowest BCUT2D eigenvalue weighted by Crippen LogP contribution is -2.13. The van der Waals surface area contributed by atoms with E-state index in [1.807, 2.05) is 12.1 Å². The van der Waals surface area contributed by atoms with Gasteiger partial charge >= 0.3 is 0 Å². The van der Waals surface area contributed by atoms with Gasteiger partial charge in [0.2, 0.25) is 5.91 Å². The molecule has 1 fully saturated rings. The molecule has 0 radical (unpaired) electrons. The van der Waals surface area contributed by atoms with E-state index in [1.54, 1.807) is 29.9 Å². The Morgan fingerprint density at radius 1 is 1.03 bits per heavy atom. The molecule has 1 aliphatic carbocycles. The topological polar surface area (TPSA) is 99.3 Å². The van der Waals surface area contributed by atoms with Gasteiger partial charge in [-0.2, -0.15) is 5.10 Å². The maximum absolute atomic E-state index is 12.2. The quantitative estimate of drug-likeness (QED) is 0.255. The van der Waals surface area contributed by atoms with Crippen LogP contribution in [0.4, 0.5) is 5.69 Å². The minimum Gasteiger partial charge on any atom is -0.353 e. The van der Waals surface area contributed by atoms with Gasteiger partial charge in [0.05, 0.1) is 35.0 Å². The van der Waals surface area contributed by atoms with Crippen LogP contribution >= 0.6 is 11.3 Å². The number of aryl methyl sites for hydroxylation is 1. The third kappa shape index (κ3) is 3.67. The first-order valence-corrected chi connectivity index (χ1v) is 12.7. The Morgan fingerprint density at radius 3 is 2.78 bits per heavy atom. The van der Waals surface area contributed by atoms with Gasteiger partial charge in [0.25, 0.3) is 0 Å². The fraction of sp³-hybridized carbons (Fsp3) is 0.143. The fourth-order valence-corrected chi connectivity index (χ4v) is 5.50. The Hall–Kier alpha value is -4.30. The molecule has 0 aliphatic heterocycles. The van der Waals surface area contributed by atoms with Crippen molar-refractivity contribution in [3.8, 4) is 33.1 Å². The third-order valence-electron chi connectivity index (χ3n) is 6.62. The summed E-state index contributed by atoms with van der Waals surface area (Å²) in [6.45, 7) is 2.13. The Kier molecular flexibility index (Phi) is 4.75. The second-order valence-corrected chi connectivity index (χ2v) is 10.6. The van der Waals surface area contributed by atoms with Gasteiger partial charge in [0, 0.05) is 49.3 Å². The number of carbonyl (C=O) groups excluding carboxylic acids is 1. The average molecular weight is 491 g/mol. The third-order valence-corrected chi connectivity index (χ3v) is 7.66. The van der Waals surface area contributed by atoms with Crippen LogP contribution in [-0.2, 0) is 4.79 Å². The summed E-state index contributed by atoms with van der Waals surface area (Å²) in [7, 11) is 0. The number of aromatic nitrogens is 5. The van der Waals surface area contributed by atoms with Crippen LogP contribution < -0.4 is 5.32 Å². The lowest BCUT2D eigenvalue weighted by Gasteiger charge is -2.06. The fourth-order valence-electron chi connectivity index (χ4n) is 4.60. The first-order valence-electron chi connectivity index (χ1n) is 11.9. The van der Waals surface area contributed by atoms with Gasteiger partial charge in [-0.1, -0.05) is 12.1 Å². The Bertz CT molecular complexity index is 1770. The molecule has 8 heteroatoms. The summed E-state index contributed by atoms with van der Waals surface area (Å²) in [5.41, 5.74) is 7.21. The number of hydrogen-bond acceptors (Lipinski definition) is 5. The van der Waals surface area contributed by atoms with E-state index in [2.05, 4.69) is 73.8 Å². The molecule has 7 rings (SSSR count). The number of nitrogens with zero attached hydrogens (tertiary/aromatic N) is 3. The van der Waals surface area contributed by atoms with E-state index in [-0.39, 0.29) is 11.8 Å². The van der Waals surface area contributed by atoms with E-state index >= 15 is 0 Å². The maximum atomic E-state index is 12.2. The zero-order valence-electron chi connectivity index (χ0n) is 19.5. The highest BCUT2D eigenvalue weighted by molar-refractivity contribution is 7.15. The molecule has 5 aromatic heterocycles. The highest BCUT2D eigenvalue weighted by atomic mass is 32.1. The Balaban J connectivity index is 1.28. The van der Waals surface area contributed by atoms with E-state index in [9.17, 15) is 4.79 Å². The number of thiophene rings is 1. The lowest BCUT2D eigenvalue weighted by atomic mass is 10.1. The minimum atomic E-state index is 0.0605. The second kappa shape index (κ2) is 8.13. The number of rotatable bonds is 5. The number of pyridine rings is 2. The maximum Gasteiger partial charge on any atom is 0.227 e. The highest BCUT2D eigenvalue weighted by Crippen LogP contribution is 2.37. The van der Waals surface area contributed by atoms with Gasteiger partial charge in [-0.05, 0) is 56.2 Å². The van der Waals surface area contributed by atoms with Crippen LogP contribution in [0.3, 0.4) is 0 Å². The first kappa shape index (κ1) is 21.0. The normalized spacial score (nSPS) is 13.5. The van der Waals surface area contributed by atoms with Gasteiger partial charge in [-0.3, -0.25) is 19.9 Å². The standard InChI is InChI=1S/C28H22N6OS/c1-15-5-8-26(36-15)19-3-2-4-22-20(19)10-24(32-22)27-21-11-23(30-14-25(21)33-34-27)17-9-18(13-29-12-17)31-28(35)16-6-7-16/h2-5,8-14,16,32H,6-7H2,1H3,(H,31,35)(H,33,34). The van der Waals surface area contributed by atoms with Crippen molar-refractivity contribution in [3.05, 3.63) is 72.0 Å². The molecule has 1 aromatic carbocycles.